The second-order valence-corrected chi connectivity index (χ2v) is 6.28. The van der Waals surface area contributed by atoms with E-state index in [2.05, 4.69) is 16.0 Å². The van der Waals surface area contributed by atoms with Crippen molar-refractivity contribution >= 4 is 17.9 Å². The molecule has 122 valence electrons. The van der Waals surface area contributed by atoms with Crippen LogP contribution in [0.15, 0.2) is 0 Å². The first-order valence-electron chi connectivity index (χ1n) is 7.09. The molecule has 21 heavy (non-hydrogen) atoms. The Labute approximate surface area is 125 Å². The summed E-state index contributed by atoms with van der Waals surface area (Å²) in [5, 5.41) is 16.7. The Balaban J connectivity index is 4.54. The van der Waals surface area contributed by atoms with Crippen molar-refractivity contribution in [1.82, 2.24) is 16.0 Å². The van der Waals surface area contributed by atoms with Gasteiger partial charge in [-0.3, -0.25) is 4.79 Å². The standard InChI is InChI=1S/C14H27N3O4/c1-7-8(2)10(12(19)20)16-13(21)15-9(3)11(18)17-14(4,5)6/h8-10H,7H2,1-6H3,(H,17,18)(H,19,20)(H2,15,16,21)/t8?,9?,10-/m0/s1. The zero-order chi connectivity index (χ0) is 16.8. The van der Waals surface area contributed by atoms with Crippen LogP contribution in [0, 0.1) is 5.92 Å². The number of carbonyl (C=O) groups is 3. The van der Waals surface area contributed by atoms with E-state index in [-0.39, 0.29) is 11.8 Å². The number of rotatable bonds is 6. The second kappa shape index (κ2) is 7.85. The predicted octanol–water partition coefficient (Wildman–Crippen LogP) is 1.09. The van der Waals surface area contributed by atoms with E-state index >= 15 is 0 Å². The fourth-order valence-corrected chi connectivity index (χ4v) is 1.61. The monoisotopic (exact) mass is 301 g/mol. The van der Waals surface area contributed by atoms with Crippen LogP contribution in [-0.2, 0) is 9.59 Å². The maximum absolute atomic E-state index is 11.8. The molecule has 0 heterocycles. The number of hydrogen-bond donors (Lipinski definition) is 4. The Hall–Kier alpha value is -1.79. The van der Waals surface area contributed by atoms with E-state index in [1.54, 1.807) is 13.8 Å². The van der Waals surface area contributed by atoms with E-state index in [1.165, 1.54) is 0 Å². The zero-order valence-electron chi connectivity index (χ0n) is 13.6. The number of amides is 3. The molecule has 0 radical (unpaired) electrons. The molecule has 0 saturated heterocycles. The van der Waals surface area contributed by atoms with Gasteiger partial charge in [0.15, 0.2) is 0 Å². The van der Waals surface area contributed by atoms with Crippen LogP contribution in [0.1, 0.15) is 48.0 Å². The minimum atomic E-state index is -1.09. The van der Waals surface area contributed by atoms with E-state index in [9.17, 15) is 14.4 Å². The number of urea groups is 1. The summed E-state index contributed by atoms with van der Waals surface area (Å²) >= 11 is 0. The summed E-state index contributed by atoms with van der Waals surface area (Å²) in [5.41, 5.74) is -0.399. The topological polar surface area (TPSA) is 108 Å². The van der Waals surface area contributed by atoms with Gasteiger partial charge in [0.2, 0.25) is 5.91 Å². The van der Waals surface area contributed by atoms with Crippen molar-refractivity contribution in [2.45, 2.75) is 65.6 Å². The molecule has 0 aliphatic rings. The van der Waals surface area contributed by atoms with Crippen molar-refractivity contribution in [1.29, 1.82) is 0 Å². The van der Waals surface area contributed by atoms with Gasteiger partial charge < -0.3 is 21.1 Å². The number of carboxylic acid groups (broad SMARTS) is 1. The predicted molar refractivity (Wildman–Crippen MR) is 79.9 cm³/mol. The quantitative estimate of drug-likeness (QED) is 0.589. The number of aliphatic carboxylic acids is 1. The molecule has 0 spiro atoms. The van der Waals surface area contributed by atoms with Crippen LogP contribution in [0.2, 0.25) is 0 Å². The molecule has 7 nitrogen and oxygen atoms in total. The minimum absolute atomic E-state index is 0.202. The molecular weight excluding hydrogens is 274 g/mol. The molecule has 3 atom stereocenters. The van der Waals surface area contributed by atoms with Gasteiger partial charge in [-0.15, -0.1) is 0 Å². The Morgan fingerprint density at radius 2 is 1.62 bits per heavy atom. The summed E-state index contributed by atoms with van der Waals surface area (Å²) in [6, 6.07) is -2.40. The highest BCUT2D eigenvalue weighted by Gasteiger charge is 2.27. The van der Waals surface area contributed by atoms with Gasteiger partial charge >= 0.3 is 12.0 Å². The van der Waals surface area contributed by atoms with Crippen molar-refractivity contribution in [2.75, 3.05) is 0 Å². The average Bonchev–Trinajstić information content (AvgIpc) is 2.32. The highest BCUT2D eigenvalue weighted by atomic mass is 16.4. The maximum atomic E-state index is 11.8. The third kappa shape index (κ3) is 7.53. The fraction of sp³-hybridized carbons (Fsp3) is 0.786. The third-order valence-corrected chi connectivity index (χ3v) is 3.00. The van der Waals surface area contributed by atoms with Crippen molar-refractivity contribution < 1.29 is 19.5 Å². The molecule has 2 unspecified atom stereocenters. The largest absolute Gasteiger partial charge is 0.480 e. The van der Waals surface area contributed by atoms with E-state index in [4.69, 9.17) is 5.11 Å². The smallest absolute Gasteiger partial charge is 0.326 e. The van der Waals surface area contributed by atoms with Crippen molar-refractivity contribution in [3.05, 3.63) is 0 Å². The number of carboxylic acids is 1. The SMILES string of the molecule is CCC(C)[C@H](NC(=O)NC(C)C(=O)NC(C)(C)C)C(=O)O. The molecule has 0 aromatic heterocycles. The molecule has 0 aliphatic carbocycles. The maximum Gasteiger partial charge on any atom is 0.326 e. The molecule has 4 N–H and O–H groups in total. The Bertz CT molecular complexity index is 390. The molecule has 0 fully saturated rings. The summed E-state index contributed by atoms with van der Waals surface area (Å²) in [4.78, 5) is 34.7. The Morgan fingerprint density at radius 1 is 1.10 bits per heavy atom. The highest BCUT2D eigenvalue weighted by Crippen LogP contribution is 2.07. The lowest BCUT2D eigenvalue weighted by molar-refractivity contribution is -0.140. The first-order chi connectivity index (χ1) is 9.47. The summed E-state index contributed by atoms with van der Waals surface area (Å²) in [6.07, 6.45) is 0.622. The molecule has 0 aromatic rings. The van der Waals surface area contributed by atoms with Crippen molar-refractivity contribution in [3.63, 3.8) is 0 Å². The second-order valence-electron chi connectivity index (χ2n) is 6.28. The third-order valence-electron chi connectivity index (χ3n) is 3.00. The molecule has 0 bridgehead atoms. The van der Waals surface area contributed by atoms with Crippen LogP contribution in [0.5, 0.6) is 0 Å². The number of hydrogen-bond acceptors (Lipinski definition) is 3. The molecule has 0 rings (SSSR count). The van der Waals surface area contributed by atoms with Gasteiger partial charge in [0.1, 0.15) is 12.1 Å². The van der Waals surface area contributed by atoms with E-state index in [0.29, 0.717) is 6.42 Å². The molecule has 7 heteroatoms. The fourth-order valence-electron chi connectivity index (χ4n) is 1.61. The van der Waals surface area contributed by atoms with Crippen LogP contribution in [0.25, 0.3) is 0 Å². The van der Waals surface area contributed by atoms with Crippen LogP contribution in [-0.4, -0.2) is 40.6 Å². The normalized spacial score (nSPS) is 15.5. The molecule has 0 aromatic carbocycles. The van der Waals surface area contributed by atoms with E-state index in [0.717, 1.165) is 0 Å². The van der Waals surface area contributed by atoms with E-state index < -0.39 is 29.6 Å². The van der Waals surface area contributed by atoms with Gasteiger partial charge in [0.25, 0.3) is 0 Å². The molecular formula is C14H27N3O4. The van der Waals surface area contributed by atoms with E-state index in [1.807, 2.05) is 27.7 Å². The first-order valence-corrected chi connectivity index (χ1v) is 7.09. The van der Waals surface area contributed by atoms with Crippen molar-refractivity contribution in [3.8, 4) is 0 Å². The van der Waals surface area contributed by atoms with Gasteiger partial charge in [0, 0.05) is 5.54 Å². The summed E-state index contributed by atoms with van der Waals surface area (Å²) < 4.78 is 0. The number of nitrogens with one attached hydrogen (secondary N) is 3. The Kier molecular flexibility index (Phi) is 7.18. The average molecular weight is 301 g/mol. The van der Waals surface area contributed by atoms with Crippen LogP contribution < -0.4 is 16.0 Å². The van der Waals surface area contributed by atoms with Gasteiger partial charge in [-0.1, -0.05) is 20.3 Å². The zero-order valence-corrected chi connectivity index (χ0v) is 13.6. The van der Waals surface area contributed by atoms with Gasteiger partial charge in [-0.25, -0.2) is 9.59 Å². The summed E-state index contributed by atoms with van der Waals surface area (Å²) in [6.45, 7) is 10.6. The van der Waals surface area contributed by atoms with Gasteiger partial charge in [-0.05, 0) is 33.6 Å². The van der Waals surface area contributed by atoms with Gasteiger partial charge in [0.05, 0.1) is 0 Å². The summed E-state index contributed by atoms with van der Waals surface area (Å²) in [5.74, 6) is -1.62. The lowest BCUT2D eigenvalue weighted by Crippen LogP contribution is -2.55. The van der Waals surface area contributed by atoms with Gasteiger partial charge in [-0.2, -0.15) is 0 Å². The first kappa shape index (κ1) is 19.2. The van der Waals surface area contributed by atoms with Crippen LogP contribution >= 0.6 is 0 Å². The van der Waals surface area contributed by atoms with Crippen LogP contribution in [0.3, 0.4) is 0 Å². The number of carbonyl (C=O) groups excluding carboxylic acids is 2. The molecule has 3 amide bonds. The molecule has 0 saturated carbocycles. The van der Waals surface area contributed by atoms with Crippen LogP contribution in [0.4, 0.5) is 4.79 Å². The highest BCUT2D eigenvalue weighted by molar-refractivity contribution is 5.88. The molecule has 0 aliphatic heterocycles. The lowest BCUT2D eigenvalue weighted by Gasteiger charge is -2.25. The Morgan fingerprint density at radius 3 is 2.00 bits per heavy atom. The summed E-state index contributed by atoms with van der Waals surface area (Å²) in [7, 11) is 0. The lowest BCUT2D eigenvalue weighted by atomic mass is 9.99. The van der Waals surface area contributed by atoms with Crippen molar-refractivity contribution in [2.24, 2.45) is 5.92 Å². The minimum Gasteiger partial charge on any atom is -0.480 e.